The molecule has 1 amide bonds. The van der Waals surface area contributed by atoms with Gasteiger partial charge in [-0.25, -0.2) is 9.97 Å². The van der Waals surface area contributed by atoms with Crippen LogP contribution >= 0.6 is 0 Å². The normalized spacial score (nSPS) is 9.95. The number of nitrogens with one attached hydrogen (secondary N) is 1. The van der Waals surface area contributed by atoms with Gasteiger partial charge < -0.3 is 15.8 Å². The summed E-state index contributed by atoms with van der Waals surface area (Å²) < 4.78 is 5.31. The molecule has 1 aromatic carbocycles. The summed E-state index contributed by atoms with van der Waals surface area (Å²) in [5.41, 5.74) is 7.22. The minimum atomic E-state index is -0.274. The Kier molecular flexibility index (Phi) is 3.92. The maximum Gasteiger partial charge on any atom is 0.255 e. The van der Waals surface area contributed by atoms with E-state index in [-0.39, 0.29) is 5.91 Å². The van der Waals surface area contributed by atoms with Gasteiger partial charge in [-0.3, -0.25) is 4.79 Å². The average Bonchev–Trinajstić information content (AvgIpc) is 2.42. The van der Waals surface area contributed by atoms with Crippen molar-refractivity contribution in [3.05, 3.63) is 42.5 Å². The quantitative estimate of drug-likeness (QED) is 0.815. The fourth-order valence-electron chi connectivity index (χ4n) is 1.54. The topological polar surface area (TPSA) is 90.1 Å². The van der Waals surface area contributed by atoms with Crippen LogP contribution in [0.25, 0.3) is 0 Å². The number of amides is 1. The van der Waals surface area contributed by atoms with E-state index in [2.05, 4.69) is 15.3 Å². The number of aromatic nitrogens is 2. The summed E-state index contributed by atoms with van der Waals surface area (Å²) >= 11 is 0. The summed E-state index contributed by atoms with van der Waals surface area (Å²) in [7, 11) is 0. The lowest BCUT2D eigenvalue weighted by molar-refractivity contribution is 0.102. The number of benzene rings is 1. The zero-order valence-corrected chi connectivity index (χ0v) is 10.5. The van der Waals surface area contributed by atoms with Gasteiger partial charge in [0.15, 0.2) is 0 Å². The van der Waals surface area contributed by atoms with Gasteiger partial charge in [0, 0.05) is 5.56 Å². The van der Waals surface area contributed by atoms with Gasteiger partial charge in [0.05, 0.1) is 30.4 Å². The number of rotatable bonds is 4. The Morgan fingerprint density at radius 1 is 1.37 bits per heavy atom. The van der Waals surface area contributed by atoms with Crippen LogP contribution in [-0.4, -0.2) is 22.5 Å². The Morgan fingerprint density at radius 3 is 2.74 bits per heavy atom. The van der Waals surface area contributed by atoms with Gasteiger partial charge in [-0.1, -0.05) is 0 Å². The van der Waals surface area contributed by atoms with Crippen molar-refractivity contribution in [3.63, 3.8) is 0 Å². The Labute approximate surface area is 110 Å². The predicted octanol–water partition coefficient (Wildman–Crippen LogP) is 1.71. The Morgan fingerprint density at radius 2 is 2.11 bits per heavy atom. The molecular weight excluding hydrogens is 244 g/mol. The van der Waals surface area contributed by atoms with Crippen LogP contribution in [0.1, 0.15) is 17.3 Å². The number of ether oxygens (including phenoxy) is 1. The summed E-state index contributed by atoms with van der Waals surface area (Å²) in [5.74, 6) is 0.298. The molecule has 0 atom stereocenters. The van der Waals surface area contributed by atoms with E-state index in [0.717, 1.165) is 0 Å². The third-order valence-corrected chi connectivity index (χ3v) is 2.39. The predicted molar refractivity (Wildman–Crippen MR) is 72.0 cm³/mol. The first-order chi connectivity index (χ1) is 9.20. The molecule has 0 saturated heterocycles. The second-order valence-corrected chi connectivity index (χ2v) is 3.77. The van der Waals surface area contributed by atoms with E-state index in [1.165, 1.54) is 18.7 Å². The number of nitrogens with zero attached hydrogens (tertiary/aromatic N) is 2. The van der Waals surface area contributed by atoms with Crippen LogP contribution in [0.4, 0.5) is 11.4 Å². The maximum absolute atomic E-state index is 12.0. The lowest BCUT2D eigenvalue weighted by atomic mass is 10.1. The molecule has 3 N–H and O–H groups in total. The first-order valence-electron chi connectivity index (χ1n) is 5.79. The molecular formula is C13H14N4O2. The average molecular weight is 258 g/mol. The van der Waals surface area contributed by atoms with Crippen molar-refractivity contribution in [2.24, 2.45) is 0 Å². The number of anilines is 2. The minimum Gasteiger partial charge on any atom is -0.492 e. The lowest BCUT2D eigenvalue weighted by Crippen LogP contribution is -2.12. The van der Waals surface area contributed by atoms with Crippen LogP contribution < -0.4 is 15.8 Å². The van der Waals surface area contributed by atoms with Gasteiger partial charge in [-0.05, 0) is 25.1 Å². The first kappa shape index (κ1) is 12.8. The largest absolute Gasteiger partial charge is 0.492 e. The molecule has 0 bridgehead atoms. The molecule has 0 aliphatic carbocycles. The second kappa shape index (κ2) is 5.81. The van der Waals surface area contributed by atoms with Crippen LogP contribution in [0.15, 0.2) is 36.9 Å². The SMILES string of the molecule is CCOc1ccc(C(=O)Nc2cncnc2)cc1N. The van der Waals surface area contributed by atoms with Gasteiger partial charge in [0.2, 0.25) is 0 Å². The van der Waals surface area contributed by atoms with E-state index in [1.54, 1.807) is 18.2 Å². The summed E-state index contributed by atoms with van der Waals surface area (Å²) in [5, 5.41) is 2.68. The molecule has 98 valence electrons. The number of carbonyl (C=O) groups is 1. The van der Waals surface area contributed by atoms with Crippen molar-refractivity contribution >= 4 is 17.3 Å². The van der Waals surface area contributed by atoms with Crippen LogP contribution in [0, 0.1) is 0 Å². The summed E-state index contributed by atoms with van der Waals surface area (Å²) in [6.07, 6.45) is 4.43. The molecule has 2 rings (SSSR count). The molecule has 1 aromatic heterocycles. The fourth-order valence-corrected chi connectivity index (χ4v) is 1.54. The molecule has 0 spiro atoms. The monoisotopic (exact) mass is 258 g/mol. The third-order valence-electron chi connectivity index (χ3n) is 2.39. The molecule has 0 unspecified atom stereocenters. The molecule has 0 aliphatic heterocycles. The van der Waals surface area contributed by atoms with Gasteiger partial charge in [0.25, 0.3) is 5.91 Å². The molecule has 0 fully saturated rings. The zero-order valence-electron chi connectivity index (χ0n) is 10.5. The van der Waals surface area contributed by atoms with Crippen LogP contribution in [0.3, 0.4) is 0 Å². The Balaban J connectivity index is 2.14. The number of carbonyl (C=O) groups excluding carboxylic acids is 1. The highest BCUT2D eigenvalue weighted by molar-refractivity contribution is 6.04. The minimum absolute atomic E-state index is 0.274. The zero-order chi connectivity index (χ0) is 13.7. The van der Waals surface area contributed by atoms with Gasteiger partial charge in [-0.2, -0.15) is 0 Å². The highest BCUT2D eigenvalue weighted by Gasteiger charge is 2.09. The van der Waals surface area contributed by atoms with Crippen molar-refractivity contribution in [1.29, 1.82) is 0 Å². The highest BCUT2D eigenvalue weighted by atomic mass is 16.5. The number of hydrogen-bond acceptors (Lipinski definition) is 5. The molecule has 0 radical (unpaired) electrons. The molecule has 6 nitrogen and oxygen atoms in total. The van der Waals surface area contributed by atoms with E-state index in [1.807, 2.05) is 6.92 Å². The van der Waals surface area contributed by atoms with Crippen molar-refractivity contribution in [1.82, 2.24) is 9.97 Å². The summed E-state index contributed by atoms with van der Waals surface area (Å²) in [6, 6.07) is 4.90. The van der Waals surface area contributed by atoms with E-state index in [4.69, 9.17) is 10.5 Å². The van der Waals surface area contributed by atoms with Crippen LogP contribution in [0.5, 0.6) is 5.75 Å². The van der Waals surface area contributed by atoms with Gasteiger partial charge in [-0.15, -0.1) is 0 Å². The van der Waals surface area contributed by atoms with Crippen molar-refractivity contribution in [3.8, 4) is 5.75 Å². The number of hydrogen-bond donors (Lipinski definition) is 2. The van der Waals surface area contributed by atoms with Crippen molar-refractivity contribution in [2.75, 3.05) is 17.7 Å². The van der Waals surface area contributed by atoms with E-state index in [9.17, 15) is 4.79 Å². The molecule has 19 heavy (non-hydrogen) atoms. The highest BCUT2D eigenvalue weighted by Crippen LogP contribution is 2.22. The Hall–Kier alpha value is -2.63. The molecule has 1 heterocycles. The van der Waals surface area contributed by atoms with Crippen molar-refractivity contribution < 1.29 is 9.53 Å². The fraction of sp³-hybridized carbons (Fsp3) is 0.154. The molecule has 2 aromatic rings. The summed E-state index contributed by atoms with van der Waals surface area (Å²) in [4.78, 5) is 19.6. The Bertz CT molecular complexity index is 572. The first-order valence-corrected chi connectivity index (χ1v) is 5.79. The van der Waals surface area contributed by atoms with E-state index < -0.39 is 0 Å². The maximum atomic E-state index is 12.0. The standard InChI is InChI=1S/C13H14N4O2/c1-2-19-12-4-3-9(5-11(12)14)13(18)17-10-6-15-8-16-7-10/h3-8H,2,14H2,1H3,(H,17,18). The third kappa shape index (κ3) is 3.19. The van der Waals surface area contributed by atoms with E-state index >= 15 is 0 Å². The van der Waals surface area contributed by atoms with Crippen LogP contribution in [-0.2, 0) is 0 Å². The van der Waals surface area contributed by atoms with Gasteiger partial charge in [0.1, 0.15) is 12.1 Å². The molecule has 0 aliphatic rings. The van der Waals surface area contributed by atoms with Crippen LogP contribution in [0.2, 0.25) is 0 Å². The van der Waals surface area contributed by atoms with Gasteiger partial charge >= 0.3 is 0 Å². The van der Waals surface area contributed by atoms with Crippen molar-refractivity contribution in [2.45, 2.75) is 6.92 Å². The number of nitrogen functional groups attached to an aromatic ring is 1. The molecule has 6 heteroatoms. The summed E-state index contributed by atoms with van der Waals surface area (Å²) in [6.45, 7) is 2.40. The smallest absolute Gasteiger partial charge is 0.255 e. The molecule has 0 saturated carbocycles. The second-order valence-electron chi connectivity index (χ2n) is 3.77. The lowest BCUT2D eigenvalue weighted by Gasteiger charge is -2.09. The van der Waals surface area contributed by atoms with E-state index in [0.29, 0.717) is 29.3 Å². The number of nitrogens with two attached hydrogens (primary N) is 1.